The van der Waals surface area contributed by atoms with Gasteiger partial charge in [0.1, 0.15) is 0 Å². The van der Waals surface area contributed by atoms with Gasteiger partial charge in [0, 0.05) is 5.69 Å². The minimum absolute atomic E-state index is 0.0952. The Morgan fingerprint density at radius 2 is 2.07 bits per heavy atom. The molecule has 2 rings (SSSR count). The zero-order valence-corrected chi connectivity index (χ0v) is 8.77. The van der Waals surface area contributed by atoms with E-state index >= 15 is 0 Å². The normalized spacial score (nSPS) is 10.9. The molecule has 0 aliphatic rings. The van der Waals surface area contributed by atoms with E-state index in [9.17, 15) is 0 Å². The monoisotopic (exact) mass is 203 g/mol. The Bertz CT molecular complexity index is 482. The van der Waals surface area contributed by atoms with Crippen LogP contribution in [-0.2, 0) is 0 Å². The molecule has 15 heavy (non-hydrogen) atoms. The molecule has 4 heteroatoms. The molecule has 0 spiro atoms. The number of nitrogen functional groups attached to an aromatic ring is 1. The smallest absolute Gasteiger partial charge is 0.233 e. The van der Waals surface area contributed by atoms with E-state index in [2.05, 4.69) is 9.97 Å². The Balaban J connectivity index is 2.45. The molecule has 0 radical (unpaired) electrons. The average Bonchev–Trinajstić information content (AvgIpc) is 2.16. The largest absolute Gasteiger partial charge is 0.474 e. The standard InChI is InChI=1S/C11H13N3O/c1-7(2)15-11-6-13-9-4-3-8(12)5-10(9)14-11/h3-7H,12H2,1-2H3. The first kappa shape index (κ1) is 9.71. The zero-order valence-electron chi connectivity index (χ0n) is 8.77. The van der Waals surface area contributed by atoms with Crippen molar-refractivity contribution in [3.63, 3.8) is 0 Å². The van der Waals surface area contributed by atoms with Crippen molar-refractivity contribution >= 4 is 16.7 Å². The molecule has 0 amide bonds. The van der Waals surface area contributed by atoms with E-state index < -0.39 is 0 Å². The summed E-state index contributed by atoms with van der Waals surface area (Å²) >= 11 is 0. The molecule has 2 aromatic rings. The zero-order chi connectivity index (χ0) is 10.8. The molecule has 0 bridgehead atoms. The van der Waals surface area contributed by atoms with Gasteiger partial charge < -0.3 is 10.5 Å². The lowest BCUT2D eigenvalue weighted by Gasteiger charge is -2.08. The number of nitrogens with two attached hydrogens (primary N) is 1. The van der Waals surface area contributed by atoms with Crippen LogP contribution in [0.3, 0.4) is 0 Å². The third kappa shape index (κ3) is 2.15. The molecule has 0 atom stereocenters. The molecule has 0 saturated carbocycles. The number of rotatable bonds is 2. The number of anilines is 1. The van der Waals surface area contributed by atoms with Crippen LogP contribution >= 0.6 is 0 Å². The van der Waals surface area contributed by atoms with Crippen molar-refractivity contribution < 1.29 is 4.74 Å². The lowest BCUT2D eigenvalue weighted by Crippen LogP contribution is -2.07. The van der Waals surface area contributed by atoms with Crippen molar-refractivity contribution in [3.8, 4) is 5.88 Å². The van der Waals surface area contributed by atoms with Crippen LogP contribution in [0.1, 0.15) is 13.8 Å². The van der Waals surface area contributed by atoms with Gasteiger partial charge in [0.25, 0.3) is 0 Å². The third-order valence-corrected chi connectivity index (χ3v) is 1.90. The fraction of sp³-hybridized carbons (Fsp3) is 0.273. The number of benzene rings is 1. The predicted octanol–water partition coefficient (Wildman–Crippen LogP) is 2.00. The van der Waals surface area contributed by atoms with Crippen LogP contribution < -0.4 is 10.5 Å². The lowest BCUT2D eigenvalue weighted by molar-refractivity contribution is 0.232. The molecule has 0 aliphatic heterocycles. The average molecular weight is 203 g/mol. The van der Waals surface area contributed by atoms with Crippen LogP contribution in [0.15, 0.2) is 24.4 Å². The van der Waals surface area contributed by atoms with E-state index in [4.69, 9.17) is 10.5 Å². The highest BCUT2D eigenvalue weighted by Crippen LogP contribution is 2.16. The summed E-state index contributed by atoms with van der Waals surface area (Å²) in [5, 5.41) is 0. The fourth-order valence-electron chi connectivity index (χ4n) is 1.31. The number of hydrogen-bond donors (Lipinski definition) is 1. The Morgan fingerprint density at radius 3 is 2.80 bits per heavy atom. The van der Waals surface area contributed by atoms with Gasteiger partial charge in [0.15, 0.2) is 0 Å². The summed E-state index contributed by atoms with van der Waals surface area (Å²) in [4.78, 5) is 8.54. The molecule has 1 aromatic heterocycles. The second-order valence-corrected chi connectivity index (χ2v) is 3.62. The van der Waals surface area contributed by atoms with E-state index in [1.54, 1.807) is 18.3 Å². The molecule has 4 nitrogen and oxygen atoms in total. The first-order valence-corrected chi connectivity index (χ1v) is 4.84. The maximum atomic E-state index is 5.67. The highest BCUT2D eigenvalue weighted by molar-refractivity contribution is 5.78. The molecule has 0 unspecified atom stereocenters. The number of nitrogens with zero attached hydrogens (tertiary/aromatic N) is 2. The molecular weight excluding hydrogens is 190 g/mol. The van der Waals surface area contributed by atoms with Gasteiger partial charge in [-0.15, -0.1) is 0 Å². The van der Waals surface area contributed by atoms with Crippen LogP contribution in [0.25, 0.3) is 11.0 Å². The highest BCUT2D eigenvalue weighted by Gasteiger charge is 2.02. The van der Waals surface area contributed by atoms with Crippen molar-refractivity contribution in [1.29, 1.82) is 0 Å². The number of hydrogen-bond acceptors (Lipinski definition) is 4. The Hall–Kier alpha value is -1.84. The summed E-state index contributed by atoms with van der Waals surface area (Å²) in [6, 6.07) is 5.44. The fourth-order valence-corrected chi connectivity index (χ4v) is 1.31. The predicted molar refractivity (Wildman–Crippen MR) is 59.7 cm³/mol. The maximum absolute atomic E-state index is 5.67. The highest BCUT2D eigenvalue weighted by atomic mass is 16.5. The van der Waals surface area contributed by atoms with Gasteiger partial charge in [-0.3, -0.25) is 0 Å². The van der Waals surface area contributed by atoms with Gasteiger partial charge in [-0.25, -0.2) is 9.97 Å². The second-order valence-electron chi connectivity index (χ2n) is 3.62. The summed E-state index contributed by atoms with van der Waals surface area (Å²) in [7, 11) is 0. The van der Waals surface area contributed by atoms with Crippen LogP contribution in [0, 0.1) is 0 Å². The summed E-state index contributed by atoms with van der Waals surface area (Å²) in [5.74, 6) is 0.531. The molecule has 78 valence electrons. The molecule has 1 heterocycles. The van der Waals surface area contributed by atoms with Gasteiger partial charge in [0.2, 0.25) is 5.88 Å². The van der Waals surface area contributed by atoms with Crippen LogP contribution in [-0.4, -0.2) is 16.1 Å². The summed E-state index contributed by atoms with van der Waals surface area (Å²) in [5.41, 5.74) is 7.92. The minimum atomic E-state index is 0.0952. The van der Waals surface area contributed by atoms with E-state index in [0.717, 1.165) is 11.0 Å². The van der Waals surface area contributed by atoms with Crippen molar-refractivity contribution in [1.82, 2.24) is 9.97 Å². The third-order valence-electron chi connectivity index (χ3n) is 1.90. The van der Waals surface area contributed by atoms with E-state index in [0.29, 0.717) is 11.6 Å². The lowest BCUT2D eigenvalue weighted by atomic mass is 10.3. The topological polar surface area (TPSA) is 61.0 Å². The van der Waals surface area contributed by atoms with E-state index in [1.165, 1.54) is 0 Å². The number of aromatic nitrogens is 2. The Kier molecular flexibility index (Phi) is 2.41. The van der Waals surface area contributed by atoms with Gasteiger partial charge in [-0.05, 0) is 32.0 Å². The molecule has 0 aliphatic carbocycles. The molecule has 2 N–H and O–H groups in total. The van der Waals surface area contributed by atoms with Crippen LogP contribution in [0.4, 0.5) is 5.69 Å². The van der Waals surface area contributed by atoms with Crippen molar-refractivity contribution in [3.05, 3.63) is 24.4 Å². The molecule has 0 fully saturated rings. The van der Waals surface area contributed by atoms with E-state index in [1.807, 2.05) is 19.9 Å². The SMILES string of the molecule is CC(C)Oc1cnc2ccc(N)cc2n1. The second kappa shape index (κ2) is 3.73. The van der Waals surface area contributed by atoms with Crippen molar-refractivity contribution in [2.24, 2.45) is 0 Å². The number of fused-ring (bicyclic) bond motifs is 1. The van der Waals surface area contributed by atoms with E-state index in [-0.39, 0.29) is 6.10 Å². The molecule has 1 aromatic carbocycles. The quantitative estimate of drug-likeness (QED) is 0.758. The van der Waals surface area contributed by atoms with Gasteiger partial charge in [-0.1, -0.05) is 0 Å². The first-order valence-electron chi connectivity index (χ1n) is 4.84. The Morgan fingerprint density at radius 1 is 1.27 bits per heavy atom. The van der Waals surface area contributed by atoms with Gasteiger partial charge in [0.05, 0.1) is 23.3 Å². The number of ether oxygens (including phenoxy) is 1. The van der Waals surface area contributed by atoms with Gasteiger partial charge >= 0.3 is 0 Å². The molecule has 0 saturated heterocycles. The maximum Gasteiger partial charge on any atom is 0.233 e. The summed E-state index contributed by atoms with van der Waals surface area (Å²) in [6.07, 6.45) is 1.72. The van der Waals surface area contributed by atoms with Crippen LogP contribution in [0.2, 0.25) is 0 Å². The van der Waals surface area contributed by atoms with Crippen molar-refractivity contribution in [2.75, 3.05) is 5.73 Å². The Labute approximate surface area is 88.1 Å². The van der Waals surface area contributed by atoms with Crippen LogP contribution in [0.5, 0.6) is 5.88 Å². The van der Waals surface area contributed by atoms with Crippen molar-refractivity contribution in [2.45, 2.75) is 20.0 Å². The molecular formula is C11H13N3O. The summed E-state index contributed by atoms with van der Waals surface area (Å²) in [6.45, 7) is 3.90. The van der Waals surface area contributed by atoms with Gasteiger partial charge in [-0.2, -0.15) is 0 Å². The first-order chi connectivity index (χ1) is 7.15. The summed E-state index contributed by atoms with van der Waals surface area (Å²) < 4.78 is 5.45. The minimum Gasteiger partial charge on any atom is -0.474 e.